The lowest BCUT2D eigenvalue weighted by atomic mass is 10.2. The molecule has 0 aromatic heterocycles. The first-order chi connectivity index (χ1) is 7.25. The Morgan fingerprint density at radius 2 is 1.67 bits per heavy atom. The van der Waals surface area contributed by atoms with Gasteiger partial charge >= 0.3 is 0 Å². The summed E-state index contributed by atoms with van der Waals surface area (Å²) in [4.78, 5) is 0. The number of rotatable bonds is 2. The topological polar surface area (TPSA) is 12.0 Å². The van der Waals surface area contributed by atoms with Gasteiger partial charge in [0.15, 0.2) is 0 Å². The van der Waals surface area contributed by atoms with Gasteiger partial charge in [0, 0.05) is 14.9 Å². The van der Waals surface area contributed by atoms with Gasteiger partial charge in [0.05, 0.1) is 0 Å². The Labute approximate surface area is 104 Å². The van der Waals surface area contributed by atoms with Crippen LogP contribution in [-0.2, 0) is 0 Å². The summed E-state index contributed by atoms with van der Waals surface area (Å²) in [5.41, 5.74) is 3.57. The molecule has 2 aromatic carbocycles. The van der Waals surface area contributed by atoms with E-state index in [2.05, 4.69) is 65.2 Å². The lowest BCUT2D eigenvalue weighted by Crippen LogP contribution is -1.91. The first-order valence-electron chi connectivity index (χ1n) is 4.84. The second-order valence-electron chi connectivity index (χ2n) is 3.45. The van der Waals surface area contributed by atoms with Crippen molar-refractivity contribution in [1.82, 2.24) is 0 Å². The van der Waals surface area contributed by atoms with Gasteiger partial charge < -0.3 is 5.32 Å². The van der Waals surface area contributed by atoms with E-state index in [1.165, 1.54) is 9.13 Å². The molecule has 0 bridgehead atoms. The third-order valence-electron chi connectivity index (χ3n) is 2.23. The van der Waals surface area contributed by atoms with Gasteiger partial charge in [-0.25, -0.2) is 0 Å². The molecule has 2 heteroatoms. The van der Waals surface area contributed by atoms with Crippen molar-refractivity contribution in [2.75, 3.05) is 5.32 Å². The molecule has 0 saturated heterocycles. The Bertz CT molecular complexity index is 451. The highest BCUT2D eigenvalue weighted by Gasteiger charge is 1.97. The molecule has 1 N–H and O–H groups in total. The fraction of sp³-hybridized carbons (Fsp3) is 0.0769. The van der Waals surface area contributed by atoms with Gasteiger partial charge in [-0.15, -0.1) is 0 Å². The normalized spacial score (nSPS) is 10.0. The van der Waals surface area contributed by atoms with Gasteiger partial charge in [-0.3, -0.25) is 0 Å². The minimum Gasteiger partial charge on any atom is -0.355 e. The first kappa shape index (κ1) is 10.5. The zero-order valence-corrected chi connectivity index (χ0v) is 10.7. The summed E-state index contributed by atoms with van der Waals surface area (Å²) in [6, 6.07) is 16.6. The molecule has 0 atom stereocenters. The molecule has 0 heterocycles. The average Bonchev–Trinajstić information content (AvgIpc) is 2.25. The van der Waals surface area contributed by atoms with Crippen LogP contribution in [0.15, 0.2) is 48.5 Å². The second-order valence-corrected chi connectivity index (χ2v) is 4.62. The Balaban J connectivity index is 2.22. The fourth-order valence-corrected chi connectivity index (χ4v) is 1.87. The highest BCUT2D eigenvalue weighted by molar-refractivity contribution is 14.1. The van der Waals surface area contributed by atoms with E-state index in [1.807, 2.05) is 18.2 Å². The molecular formula is C13H12IN. The number of para-hydroxylation sites is 1. The van der Waals surface area contributed by atoms with Gasteiger partial charge in [0.25, 0.3) is 0 Å². The van der Waals surface area contributed by atoms with Crippen molar-refractivity contribution in [3.05, 3.63) is 57.7 Å². The molecular weight excluding hydrogens is 297 g/mol. The second kappa shape index (κ2) is 4.66. The Morgan fingerprint density at radius 3 is 2.33 bits per heavy atom. The van der Waals surface area contributed by atoms with Crippen LogP contribution in [0.5, 0.6) is 0 Å². The fourth-order valence-electron chi connectivity index (χ4n) is 1.36. The molecule has 2 aromatic rings. The van der Waals surface area contributed by atoms with Crippen LogP contribution in [0.4, 0.5) is 11.4 Å². The molecule has 0 unspecified atom stereocenters. The Hall–Kier alpha value is -1.03. The molecule has 0 aliphatic rings. The van der Waals surface area contributed by atoms with E-state index in [1.54, 1.807) is 0 Å². The molecule has 2 rings (SSSR count). The summed E-state index contributed by atoms with van der Waals surface area (Å²) in [6.07, 6.45) is 0. The quantitative estimate of drug-likeness (QED) is 0.814. The SMILES string of the molecule is Cc1ccc(Nc2ccccc2)cc1I. The predicted octanol–water partition coefficient (Wildman–Crippen LogP) is 4.34. The molecule has 0 aliphatic heterocycles. The van der Waals surface area contributed by atoms with Crippen LogP contribution in [0.3, 0.4) is 0 Å². The van der Waals surface area contributed by atoms with Crippen LogP contribution < -0.4 is 5.32 Å². The standard InChI is InChI=1S/C13H12IN/c1-10-7-8-12(9-13(10)14)15-11-5-3-2-4-6-11/h2-9,15H,1H3. The molecule has 0 radical (unpaired) electrons. The molecule has 0 saturated carbocycles. The van der Waals surface area contributed by atoms with Crippen LogP contribution in [0.1, 0.15) is 5.56 Å². The van der Waals surface area contributed by atoms with Crippen molar-refractivity contribution in [3.63, 3.8) is 0 Å². The highest BCUT2D eigenvalue weighted by atomic mass is 127. The smallest absolute Gasteiger partial charge is 0.0395 e. The van der Waals surface area contributed by atoms with Crippen molar-refractivity contribution in [1.29, 1.82) is 0 Å². The number of hydrogen-bond acceptors (Lipinski definition) is 1. The van der Waals surface area contributed by atoms with Gasteiger partial charge in [0.1, 0.15) is 0 Å². The summed E-state index contributed by atoms with van der Waals surface area (Å²) < 4.78 is 1.29. The molecule has 0 fully saturated rings. The van der Waals surface area contributed by atoms with E-state index in [4.69, 9.17) is 0 Å². The minimum absolute atomic E-state index is 1.12. The zero-order chi connectivity index (χ0) is 10.7. The Morgan fingerprint density at radius 1 is 0.933 bits per heavy atom. The number of benzene rings is 2. The van der Waals surface area contributed by atoms with Crippen LogP contribution >= 0.6 is 22.6 Å². The minimum atomic E-state index is 1.12. The van der Waals surface area contributed by atoms with E-state index in [0.717, 1.165) is 11.4 Å². The van der Waals surface area contributed by atoms with Crippen LogP contribution in [0, 0.1) is 10.5 Å². The largest absolute Gasteiger partial charge is 0.355 e. The summed E-state index contributed by atoms with van der Waals surface area (Å²) in [7, 11) is 0. The Kier molecular flexibility index (Phi) is 3.26. The van der Waals surface area contributed by atoms with Crippen LogP contribution in [0.25, 0.3) is 0 Å². The van der Waals surface area contributed by atoms with Crippen molar-refractivity contribution >= 4 is 34.0 Å². The van der Waals surface area contributed by atoms with Gasteiger partial charge in [-0.05, 0) is 59.3 Å². The number of anilines is 2. The summed E-state index contributed by atoms with van der Waals surface area (Å²) >= 11 is 2.35. The lowest BCUT2D eigenvalue weighted by molar-refractivity contribution is 1.41. The third-order valence-corrected chi connectivity index (χ3v) is 3.40. The van der Waals surface area contributed by atoms with Gasteiger partial charge in [0.2, 0.25) is 0 Å². The van der Waals surface area contributed by atoms with E-state index in [0.29, 0.717) is 0 Å². The van der Waals surface area contributed by atoms with E-state index >= 15 is 0 Å². The lowest BCUT2D eigenvalue weighted by Gasteiger charge is -2.07. The van der Waals surface area contributed by atoms with E-state index in [-0.39, 0.29) is 0 Å². The maximum absolute atomic E-state index is 3.37. The monoisotopic (exact) mass is 309 g/mol. The number of halogens is 1. The molecule has 1 nitrogen and oxygen atoms in total. The van der Waals surface area contributed by atoms with Gasteiger partial charge in [-0.1, -0.05) is 24.3 Å². The molecule has 0 spiro atoms. The van der Waals surface area contributed by atoms with Crippen LogP contribution in [-0.4, -0.2) is 0 Å². The molecule has 0 amide bonds. The number of nitrogens with one attached hydrogen (secondary N) is 1. The predicted molar refractivity (Wildman–Crippen MR) is 73.6 cm³/mol. The first-order valence-corrected chi connectivity index (χ1v) is 5.92. The maximum atomic E-state index is 3.37. The van der Waals surface area contributed by atoms with E-state index in [9.17, 15) is 0 Å². The summed E-state index contributed by atoms with van der Waals surface area (Å²) in [6.45, 7) is 2.12. The van der Waals surface area contributed by atoms with Crippen molar-refractivity contribution in [2.24, 2.45) is 0 Å². The summed E-state index contributed by atoms with van der Waals surface area (Å²) in [5.74, 6) is 0. The number of aryl methyl sites for hydroxylation is 1. The maximum Gasteiger partial charge on any atom is 0.0395 e. The van der Waals surface area contributed by atoms with Gasteiger partial charge in [-0.2, -0.15) is 0 Å². The third kappa shape index (κ3) is 2.72. The molecule has 76 valence electrons. The van der Waals surface area contributed by atoms with E-state index < -0.39 is 0 Å². The summed E-state index contributed by atoms with van der Waals surface area (Å²) in [5, 5.41) is 3.37. The average molecular weight is 309 g/mol. The van der Waals surface area contributed by atoms with Crippen molar-refractivity contribution < 1.29 is 0 Å². The zero-order valence-electron chi connectivity index (χ0n) is 8.50. The van der Waals surface area contributed by atoms with Crippen molar-refractivity contribution in [3.8, 4) is 0 Å². The highest BCUT2D eigenvalue weighted by Crippen LogP contribution is 2.20. The van der Waals surface area contributed by atoms with Crippen molar-refractivity contribution in [2.45, 2.75) is 6.92 Å². The van der Waals surface area contributed by atoms with Crippen LogP contribution in [0.2, 0.25) is 0 Å². The molecule has 0 aliphatic carbocycles. The molecule has 15 heavy (non-hydrogen) atoms. The number of hydrogen-bond donors (Lipinski definition) is 1.